The molecular formula is C31H27Cl2FN4O3. The maximum Gasteiger partial charge on any atom is 0.337 e. The SMILES string of the molecule is COC(=O)c1ccc2c3n(nc2c1)[C@@H]1[C@H](C3)N(CC(C)C)[C@@]2(C(=O)Nc3cc(Cl)ccc32)[C@H]1c1cccc(Cl)c1F. The molecule has 10 heteroatoms. The number of hydrogen-bond acceptors (Lipinski definition) is 5. The fourth-order valence-electron chi connectivity index (χ4n) is 7.41. The maximum absolute atomic E-state index is 16.1. The summed E-state index contributed by atoms with van der Waals surface area (Å²) in [4.78, 5) is 28.9. The highest BCUT2D eigenvalue weighted by Gasteiger charge is 2.69. The number of amides is 1. The van der Waals surface area contributed by atoms with Crippen LogP contribution >= 0.6 is 23.2 Å². The molecule has 7 nitrogen and oxygen atoms in total. The molecule has 7 rings (SSSR count). The Balaban J connectivity index is 1.52. The van der Waals surface area contributed by atoms with E-state index in [9.17, 15) is 9.59 Å². The summed E-state index contributed by atoms with van der Waals surface area (Å²) in [5.41, 5.74) is 2.55. The molecule has 0 aliphatic carbocycles. The second-order valence-electron chi connectivity index (χ2n) is 11.5. The van der Waals surface area contributed by atoms with Crippen LogP contribution in [0.2, 0.25) is 10.0 Å². The molecule has 1 saturated heterocycles. The Kier molecular flexibility index (Phi) is 5.98. The second kappa shape index (κ2) is 9.28. The summed E-state index contributed by atoms with van der Waals surface area (Å²) >= 11 is 12.7. The first kappa shape index (κ1) is 26.4. The number of nitrogens with zero attached hydrogens (tertiary/aromatic N) is 3. The molecule has 210 valence electrons. The van der Waals surface area contributed by atoms with Crippen molar-refractivity contribution in [1.82, 2.24) is 14.7 Å². The molecule has 0 saturated carbocycles. The molecule has 4 aromatic rings. The van der Waals surface area contributed by atoms with E-state index in [1.807, 2.05) is 16.8 Å². The quantitative estimate of drug-likeness (QED) is 0.280. The third-order valence-corrected chi connectivity index (χ3v) is 9.34. The highest BCUT2D eigenvalue weighted by Crippen LogP contribution is 2.63. The van der Waals surface area contributed by atoms with E-state index in [1.165, 1.54) is 13.2 Å². The average Bonchev–Trinajstić information content (AvgIpc) is 3.63. The molecule has 1 amide bonds. The van der Waals surface area contributed by atoms with E-state index in [2.05, 4.69) is 24.1 Å². The summed E-state index contributed by atoms with van der Waals surface area (Å²) < 4.78 is 22.9. The van der Waals surface area contributed by atoms with Crippen LogP contribution < -0.4 is 5.32 Å². The molecule has 1 aromatic heterocycles. The van der Waals surface area contributed by atoms with E-state index in [-0.39, 0.29) is 22.9 Å². The predicted molar refractivity (Wildman–Crippen MR) is 155 cm³/mol. The topological polar surface area (TPSA) is 76.5 Å². The van der Waals surface area contributed by atoms with Crippen LogP contribution in [-0.4, -0.2) is 46.3 Å². The molecule has 0 bridgehead atoms. The number of anilines is 1. The van der Waals surface area contributed by atoms with Gasteiger partial charge in [-0.1, -0.05) is 61.3 Å². The summed E-state index contributed by atoms with van der Waals surface area (Å²) in [6, 6.07) is 15.2. The highest BCUT2D eigenvalue weighted by molar-refractivity contribution is 6.31. The Morgan fingerprint density at radius 2 is 2.00 bits per heavy atom. The number of benzene rings is 3. The predicted octanol–water partition coefficient (Wildman–Crippen LogP) is 6.34. The van der Waals surface area contributed by atoms with Gasteiger partial charge in [-0.05, 0) is 41.8 Å². The number of nitrogens with one attached hydrogen (secondary N) is 1. The van der Waals surface area contributed by atoms with Gasteiger partial charge in [-0.3, -0.25) is 14.4 Å². The molecule has 3 aliphatic rings. The van der Waals surface area contributed by atoms with E-state index in [0.29, 0.717) is 40.3 Å². The lowest BCUT2D eigenvalue weighted by molar-refractivity contribution is -0.128. The normalized spacial score (nSPS) is 24.7. The summed E-state index contributed by atoms with van der Waals surface area (Å²) in [6.45, 7) is 4.83. The minimum atomic E-state index is -1.22. The fourth-order valence-corrected chi connectivity index (χ4v) is 7.76. The van der Waals surface area contributed by atoms with Crippen LogP contribution in [-0.2, 0) is 21.5 Å². The molecule has 4 atom stereocenters. The van der Waals surface area contributed by atoms with Gasteiger partial charge in [-0.15, -0.1) is 0 Å². The number of methoxy groups -OCH3 is 1. The zero-order valence-electron chi connectivity index (χ0n) is 22.6. The molecule has 3 aromatic carbocycles. The lowest BCUT2D eigenvalue weighted by Gasteiger charge is -2.40. The molecule has 4 heterocycles. The maximum atomic E-state index is 16.1. The largest absolute Gasteiger partial charge is 0.465 e. The molecule has 41 heavy (non-hydrogen) atoms. The van der Waals surface area contributed by atoms with E-state index in [0.717, 1.165) is 16.6 Å². The zero-order valence-corrected chi connectivity index (χ0v) is 24.1. The minimum absolute atomic E-state index is 0.00203. The van der Waals surface area contributed by atoms with Crippen LogP contribution in [0, 0.1) is 11.7 Å². The minimum Gasteiger partial charge on any atom is -0.465 e. The molecular weight excluding hydrogens is 566 g/mol. The van der Waals surface area contributed by atoms with Crippen molar-refractivity contribution < 1.29 is 18.7 Å². The van der Waals surface area contributed by atoms with Gasteiger partial charge in [0.15, 0.2) is 0 Å². The van der Waals surface area contributed by atoms with Crippen molar-refractivity contribution in [3.05, 3.63) is 92.8 Å². The zero-order chi connectivity index (χ0) is 28.8. The van der Waals surface area contributed by atoms with Crippen molar-refractivity contribution in [1.29, 1.82) is 0 Å². The van der Waals surface area contributed by atoms with Crippen LogP contribution in [0.25, 0.3) is 10.9 Å². The van der Waals surface area contributed by atoms with Gasteiger partial charge < -0.3 is 10.1 Å². The standard InChI is InChI=1S/C31H27Cl2FN4O3/c1-15(2)14-37-25-13-24-18-9-7-16(29(39)41-3)11-22(18)36-38(24)28(25)26(19-5-4-6-21(33)27(19)34)31(37)20-10-8-17(32)12-23(20)35-30(31)40/h4-12,15,25-26,28H,13-14H2,1-3H3,(H,35,40)/t25-,26-,28+,31+/m0/s1. The molecule has 0 radical (unpaired) electrons. The van der Waals surface area contributed by atoms with Gasteiger partial charge in [0.1, 0.15) is 11.4 Å². The summed E-state index contributed by atoms with van der Waals surface area (Å²) in [5.74, 6) is -1.66. The monoisotopic (exact) mass is 592 g/mol. The first-order valence-electron chi connectivity index (χ1n) is 13.6. The van der Waals surface area contributed by atoms with Crippen molar-refractivity contribution in [2.75, 3.05) is 19.0 Å². The molecule has 1 spiro atoms. The smallest absolute Gasteiger partial charge is 0.337 e. The van der Waals surface area contributed by atoms with Crippen molar-refractivity contribution in [3.63, 3.8) is 0 Å². The Morgan fingerprint density at radius 3 is 2.76 bits per heavy atom. The number of likely N-dealkylation sites (tertiary alicyclic amines) is 1. The van der Waals surface area contributed by atoms with Crippen LogP contribution in [0.1, 0.15) is 53.0 Å². The average molecular weight is 593 g/mol. The number of hydrogen-bond donors (Lipinski definition) is 1. The molecule has 3 aliphatic heterocycles. The Morgan fingerprint density at radius 1 is 1.20 bits per heavy atom. The van der Waals surface area contributed by atoms with Crippen molar-refractivity contribution in [2.24, 2.45) is 5.92 Å². The number of rotatable bonds is 4. The Labute approximate surface area is 246 Å². The molecule has 0 unspecified atom stereocenters. The lowest BCUT2D eigenvalue weighted by Crippen LogP contribution is -2.53. The first-order valence-corrected chi connectivity index (χ1v) is 14.3. The number of carbonyl (C=O) groups excluding carboxylic acids is 2. The molecule has 1 fully saturated rings. The number of aromatic nitrogens is 2. The van der Waals surface area contributed by atoms with Crippen molar-refractivity contribution >= 4 is 51.7 Å². The number of fused-ring (bicyclic) bond motifs is 7. The van der Waals surface area contributed by atoms with Gasteiger partial charge in [0.2, 0.25) is 5.91 Å². The van der Waals surface area contributed by atoms with Crippen molar-refractivity contribution in [2.45, 2.75) is 43.8 Å². The van der Waals surface area contributed by atoms with Gasteiger partial charge in [-0.25, -0.2) is 9.18 Å². The van der Waals surface area contributed by atoms with Gasteiger partial charge in [0, 0.05) is 52.3 Å². The van der Waals surface area contributed by atoms with Crippen LogP contribution in [0.3, 0.4) is 0 Å². The van der Waals surface area contributed by atoms with Crippen molar-refractivity contribution in [3.8, 4) is 0 Å². The second-order valence-corrected chi connectivity index (χ2v) is 12.3. The number of carbonyl (C=O) groups is 2. The van der Waals surface area contributed by atoms with E-state index >= 15 is 4.39 Å². The van der Waals surface area contributed by atoms with Gasteiger partial charge in [0.05, 0.1) is 29.3 Å². The number of halogens is 3. The van der Waals surface area contributed by atoms with Crippen LogP contribution in [0.4, 0.5) is 10.1 Å². The summed E-state index contributed by atoms with van der Waals surface area (Å²) in [6.07, 6.45) is 0.599. The summed E-state index contributed by atoms with van der Waals surface area (Å²) in [5, 5.41) is 9.47. The highest BCUT2D eigenvalue weighted by atomic mass is 35.5. The van der Waals surface area contributed by atoms with E-state index in [1.54, 1.807) is 36.4 Å². The van der Waals surface area contributed by atoms with Gasteiger partial charge in [0.25, 0.3) is 0 Å². The van der Waals surface area contributed by atoms with E-state index in [4.69, 9.17) is 33.0 Å². The summed E-state index contributed by atoms with van der Waals surface area (Å²) in [7, 11) is 1.34. The van der Waals surface area contributed by atoms with Gasteiger partial charge in [-0.2, -0.15) is 5.10 Å². The molecule has 1 N–H and O–H groups in total. The van der Waals surface area contributed by atoms with E-state index < -0.39 is 29.3 Å². The van der Waals surface area contributed by atoms with Crippen LogP contribution in [0.5, 0.6) is 0 Å². The Bertz CT molecular complexity index is 1770. The first-order chi connectivity index (χ1) is 19.7. The third kappa shape index (κ3) is 3.57. The number of esters is 1. The third-order valence-electron chi connectivity index (χ3n) is 8.81. The Hall–Kier alpha value is -3.46. The fraction of sp³-hybridized carbons (Fsp3) is 0.323. The van der Waals surface area contributed by atoms with Crippen LogP contribution in [0.15, 0.2) is 54.6 Å². The van der Waals surface area contributed by atoms with Gasteiger partial charge >= 0.3 is 5.97 Å². The number of ether oxygens (including phenoxy) is 1. The lowest BCUT2D eigenvalue weighted by atomic mass is 9.73.